The zero-order valence-electron chi connectivity index (χ0n) is 13.0. The summed E-state index contributed by atoms with van der Waals surface area (Å²) in [7, 11) is 0. The molecule has 4 amide bonds. The molecule has 0 saturated carbocycles. The van der Waals surface area contributed by atoms with Gasteiger partial charge >= 0.3 is 17.8 Å². The van der Waals surface area contributed by atoms with Crippen molar-refractivity contribution in [3.05, 3.63) is 59.2 Å². The molecule has 0 bridgehead atoms. The zero-order chi connectivity index (χ0) is 18.0. The molecule has 8 nitrogen and oxygen atoms in total. The normalized spacial score (nSPS) is 14.5. The number of aromatic nitrogens is 2. The van der Waals surface area contributed by atoms with Crippen LogP contribution in [0.2, 0.25) is 5.02 Å². The number of imide groups is 2. The quantitative estimate of drug-likeness (QED) is 0.442. The Bertz CT molecular complexity index is 863. The molecule has 0 radical (unpaired) electrons. The first-order chi connectivity index (χ1) is 12.0. The van der Waals surface area contributed by atoms with Gasteiger partial charge in [0.15, 0.2) is 5.82 Å². The minimum absolute atomic E-state index is 0.0379. The average molecular weight is 361 g/mol. The summed E-state index contributed by atoms with van der Waals surface area (Å²) in [5.74, 6) is -1.39. The highest BCUT2D eigenvalue weighted by Gasteiger charge is 2.44. The van der Waals surface area contributed by atoms with Crippen molar-refractivity contribution in [2.24, 2.45) is 0 Å². The molecule has 0 N–H and O–H groups in total. The van der Waals surface area contributed by atoms with Gasteiger partial charge in [0, 0.05) is 18.0 Å². The molecule has 1 aromatic carbocycles. The third-order valence-electron chi connectivity index (χ3n) is 3.50. The molecule has 1 saturated heterocycles. The van der Waals surface area contributed by atoms with Crippen molar-refractivity contribution in [1.82, 2.24) is 19.9 Å². The Balaban J connectivity index is 1.71. The highest BCUT2D eigenvalue weighted by Crippen LogP contribution is 2.17. The number of amides is 4. The number of carbonyl (C=O) groups excluding carboxylic acids is 3. The maximum absolute atomic E-state index is 12.1. The molecule has 9 heteroatoms. The Kier molecular flexibility index (Phi) is 4.62. The summed E-state index contributed by atoms with van der Waals surface area (Å²) in [6.45, 7) is 3.15. The van der Waals surface area contributed by atoms with Crippen LogP contribution in [0.25, 0.3) is 0 Å². The van der Waals surface area contributed by atoms with Crippen molar-refractivity contribution in [1.29, 1.82) is 0 Å². The SMILES string of the molecule is C=CCN1C(=O)C(=O)N(Cc2nc(Cc3cccc(Cl)c3)no2)C1=O. The van der Waals surface area contributed by atoms with E-state index in [-0.39, 0.29) is 19.0 Å². The number of rotatable bonds is 6. The van der Waals surface area contributed by atoms with Gasteiger partial charge in [-0.05, 0) is 17.7 Å². The predicted molar refractivity (Wildman–Crippen MR) is 86.4 cm³/mol. The first kappa shape index (κ1) is 16.8. The fraction of sp³-hybridized carbons (Fsp3) is 0.188. The fourth-order valence-electron chi connectivity index (χ4n) is 2.37. The standard InChI is InChI=1S/C16H13ClN4O4/c1-2-6-20-14(22)15(23)21(16(20)24)9-13-18-12(19-25-13)8-10-4-3-5-11(17)7-10/h2-5,7H,1,6,8-9H2. The van der Waals surface area contributed by atoms with Crippen LogP contribution in [0, 0.1) is 0 Å². The molecule has 3 rings (SSSR count). The third kappa shape index (κ3) is 3.43. The van der Waals surface area contributed by atoms with E-state index in [2.05, 4.69) is 16.7 Å². The number of carbonyl (C=O) groups is 3. The van der Waals surface area contributed by atoms with Crippen LogP contribution in [0.15, 0.2) is 41.4 Å². The number of halogens is 1. The van der Waals surface area contributed by atoms with Crippen molar-refractivity contribution in [3.63, 3.8) is 0 Å². The van der Waals surface area contributed by atoms with Crippen LogP contribution in [-0.4, -0.2) is 44.3 Å². The fourth-order valence-corrected chi connectivity index (χ4v) is 2.58. The van der Waals surface area contributed by atoms with Crippen molar-refractivity contribution in [2.45, 2.75) is 13.0 Å². The van der Waals surface area contributed by atoms with E-state index < -0.39 is 17.8 Å². The van der Waals surface area contributed by atoms with E-state index >= 15 is 0 Å². The maximum Gasteiger partial charge on any atom is 0.335 e. The summed E-state index contributed by atoms with van der Waals surface area (Å²) in [4.78, 5) is 41.5. The van der Waals surface area contributed by atoms with E-state index in [0.717, 1.165) is 15.4 Å². The highest BCUT2D eigenvalue weighted by molar-refractivity contribution is 6.44. The minimum Gasteiger partial charge on any atom is -0.337 e. The van der Waals surface area contributed by atoms with Crippen LogP contribution in [0.4, 0.5) is 4.79 Å². The molecular formula is C16H13ClN4O4. The summed E-state index contributed by atoms with van der Waals surface area (Å²) in [5, 5.41) is 4.41. The number of urea groups is 1. The van der Waals surface area contributed by atoms with Gasteiger partial charge in [-0.1, -0.05) is 35.0 Å². The topological polar surface area (TPSA) is 96.6 Å². The molecule has 1 aliphatic rings. The summed E-state index contributed by atoms with van der Waals surface area (Å²) in [5.41, 5.74) is 0.889. The number of benzene rings is 1. The number of hydrogen-bond acceptors (Lipinski definition) is 6. The Morgan fingerprint density at radius 2 is 1.96 bits per heavy atom. The van der Waals surface area contributed by atoms with E-state index in [0.29, 0.717) is 17.3 Å². The van der Waals surface area contributed by atoms with Crippen LogP contribution < -0.4 is 0 Å². The Morgan fingerprint density at radius 3 is 2.68 bits per heavy atom. The molecule has 2 aromatic rings. The lowest BCUT2D eigenvalue weighted by Gasteiger charge is -2.11. The first-order valence-corrected chi connectivity index (χ1v) is 7.71. The molecular weight excluding hydrogens is 348 g/mol. The van der Waals surface area contributed by atoms with Crippen LogP contribution >= 0.6 is 11.6 Å². The minimum atomic E-state index is -0.929. The van der Waals surface area contributed by atoms with Gasteiger partial charge in [0.05, 0.1) is 0 Å². The first-order valence-electron chi connectivity index (χ1n) is 7.33. The lowest BCUT2D eigenvalue weighted by Crippen LogP contribution is -2.33. The van der Waals surface area contributed by atoms with Crippen LogP contribution in [-0.2, 0) is 22.6 Å². The Hall–Kier alpha value is -3.00. The molecule has 1 aromatic heterocycles. The molecule has 25 heavy (non-hydrogen) atoms. The Labute approximate surface area is 147 Å². The van der Waals surface area contributed by atoms with E-state index in [4.69, 9.17) is 16.1 Å². The Morgan fingerprint density at radius 1 is 1.20 bits per heavy atom. The number of hydrogen-bond donors (Lipinski definition) is 0. The van der Waals surface area contributed by atoms with Crippen molar-refractivity contribution >= 4 is 29.4 Å². The van der Waals surface area contributed by atoms with Gasteiger partial charge in [-0.25, -0.2) is 9.69 Å². The van der Waals surface area contributed by atoms with Crippen molar-refractivity contribution in [3.8, 4) is 0 Å². The highest BCUT2D eigenvalue weighted by atomic mass is 35.5. The summed E-state index contributed by atoms with van der Waals surface area (Å²) < 4.78 is 5.07. The van der Waals surface area contributed by atoms with Crippen LogP contribution in [0.5, 0.6) is 0 Å². The van der Waals surface area contributed by atoms with E-state index in [1.807, 2.05) is 6.07 Å². The monoisotopic (exact) mass is 360 g/mol. The molecule has 2 heterocycles. The molecule has 1 aliphatic heterocycles. The summed E-state index contributed by atoms with van der Waals surface area (Å²) >= 11 is 5.93. The maximum atomic E-state index is 12.1. The molecule has 0 spiro atoms. The van der Waals surface area contributed by atoms with Gasteiger partial charge in [-0.3, -0.25) is 14.5 Å². The second kappa shape index (κ2) is 6.86. The van der Waals surface area contributed by atoms with Crippen molar-refractivity contribution in [2.75, 3.05) is 6.54 Å². The van der Waals surface area contributed by atoms with Gasteiger partial charge < -0.3 is 4.52 Å². The van der Waals surface area contributed by atoms with Gasteiger partial charge in [-0.15, -0.1) is 6.58 Å². The van der Waals surface area contributed by atoms with Crippen LogP contribution in [0.3, 0.4) is 0 Å². The van der Waals surface area contributed by atoms with Gasteiger partial charge in [0.1, 0.15) is 6.54 Å². The molecule has 128 valence electrons. The average Bonchev–Trinajstić information content (AvgIpc) is 3.09. The zero-order valence-corrected chi connectivity index (χ0v) is 13.8. The molecule has 0 aliphatic carbocycles. The van der Waals surface area contributed by atoms with E-state index in [1.54, 1.807) is 18.2 Å². The smallest absolute Gasteiger partial charge is 0.335 e. The summed E-state index contributed by atoms with van der Waals surface area (Å²) in [6.07, 6.45) is 1.75. The molecule has 0 unspecified atom stereocenters. The lowest BCUT2D eigenvalue weighted by molar-refractivity contribution is -0.143. The van der Waals surface area contributed by atoms with E-state index in [1.165, 1.54) is 6.08 Å². The molecule has 0 atom stereocenters. The lowest BCUT2D eigenvalue weighted by atomic mass is 10.1. The van der Waals surface area contributed by atoms with E-state index in [9.17, 15) is 14.4 Å². The second-order valence-electron chi connectivity index (χ2n) is 5.29. The van der Waals surface area contributed by atoms with Crippen LogP contribution in [0.1, 0.15) is 17.3 Å². The van der Waals surface area contributed by atoms with Gasteiger partial charge in [0.25, 0.3) is 0 Å². The number of nitrogens with zero attached hydrogens (tertiary/aromatic N) is 4. The molecule has 1 fully saturated rings. The largest absolute Gasteiger partial charge is 0.337 e. The van der Waals surface area contributed by atoms with Gasteiger partial charge in [0.2, 0.25) is 5.89 Å². The summed E-state index contributed by atoms with van der Waals surface area (Å²) in [6, 6.07) is 6.46. The van der Waals surface area contributed by atoms with Crippen molar-refractivity contribution < 1.29 is 18.9 Å². The third-order valence-corrected chi connectivity index (χ3v) is 3.74. The predicted octanol–water partition coefficient (Wildman–Crippen LogP) is 1.79. The van der Waals surface area contributed by atoms with Gasteiger partial charge in [-0.2, -0.15) is 4.98 Å². The second-order valence-corrected chi connectivity index (χ2v) is 5.73.